The topological polar surface area (TPSA) is 83.1 Å². The minimum absolute atomic E-state index is 0.638. The van der Waals surface area contributed by atoms with Crippen molar-refractivity contribution in [2.24, 2.45) is 0 Å². The summed E-state index contributed by atoms with van der Waals surface area (Å²) in [6, 6.07) is 2.59. The summed E-state index contributed by atoms with van der Waals surface area (Å²) >= 11 is 4.10. The molecule has 0 aliphatic carbocycles. The van der Waals surface area contributed by atoms with Crippen LogP contribution in [0.1, 0.15) is 60.8 Å². The Bertz CT molecular complexity index is 454. The van der Waals surface area contributed by atoms with E-state index in [-0.39, 0.29) is 0 Å². The van der Waals surface area contributed by atoms with E-state index in [1.165, 1.54) is 0 Å². The van der Waals surface area contributed by atoms with Crippen molar-refractivity contribution in [3.63, 3.8) is 0 Å². The van der Waals surface area contributed by atoms with Gasteiger partial charge in [-0.15, -0.1) is 0 Å². The van der Waals surface area contributed by atoms with Crippen molar-refractivity contribution in [2.75, 3.05) is 78.2 Å². The molecule has 0 atom stereocenters. The van der Waals surface area contributed by atoms with E-state index in [4.69, 9.17) is 39.8 Å². The Labute approximate surface area is 256 Å². The molecule has 0 aromatic carbocycles. The third-order valence-corrected chi connectivity index (χ3v) is 17.3. The lowest BCUT2D eigenvalue weighted by Gasteiger charge is -2.28. The van der Waals surface area contributed by atoms with Crippen LogP contribution in [0.4, 0.5) is 0 Å². The van der Waals surface area contributed by atoms with Gasteiger partial charge in [0.05, 0.1) is 0 Å². The molecular formula is C24H58O9S3Si3. The molecular weight excluding hydrogens is 613 g/mol. The molecule has 238 valence electrons. The van der Waals surface area contributed by atoms with Crippen LogP contribution in [0.25, 0.3) is 0 Å². The Morgan fingerprint density at radius 1 is 0.462 bits per heavy atom. The first-order valence-electron chi connectivity index (χ1n) is 14.2. The smallest absolute Gasteiger partial charge is 0.377 e. The average molecular weight is 671 g/mol. The zero-order chi connectivity index (χ0) is 29.9. The molecule has 0 aromatic rings. The third-order valence-electron chi connectivity index (χ3n) is 5.26. The maximum atomic E-state index is 5.90. The summed E-state index contributed by atoms with van der Waals surface area (Å²) in [7, 11) is 1.41. The van der Waals surface area contributed by atoms with E-state index >= 15 is 0 Å². The highest BCUT2D eigenvalue weighted by Gasteiger charge is 2.40. The predicted molar refractivity (Wildman–Crippen MR) is 175 cm³/mol. The minimum Gasteiger partial charge on any atom is -0.377 e. The fraction of sp³-hybridized carbons (Fsp3) is 1.00. The largest absolute Gasteiger partial charge is 0.500 e. The molecule has 0 aromatic heterocycles. The summed E-state index contributed by atoms with van der Waals surface area (Å²) in [5.74, 6) is 2.97. The van der Waals surface area contributed by atoms with Gasteiger partial charge in [0.25, 0.3) is 0 Å². The molecule has 0 rings (SSSR count). The van der Waals surface area contributed by atoms with Crippen LogP contribution in [0, 0.1) is 0 Å². The van der Waals surface area contributed by atoms with E-state index in [0.717, 1.165) is 54.7 Å². The predicted octanol–water partition coefficient (Wildman–Crippen LogP) is 6.43. The summed E-state index contributed by atoms with van der Waals surface area (Å²) in [5.41, 5.74) is 0. The van der Waals surface area contributed by atoms with Crippen molar-refractivity contribution in [1.82, 2.24) is 0 Å². The molecule has 0 bridgehead atoms. The summed E-state index contributed by atoms with van der Waals surface area (Å²) in [4.78, 5) is 0. The number of thiol groups is 1. The van der Waals surface area contributed by atoms with Crippen LogP contribution >= 0.6 is 34.2 Å². The molecule has 39 heavy (non-hydrogen) atoms. The fourth-order valence-corrected chi connectivity index (χ4v) is 13.8. The summed E-state index contributed by atoms with van der Waals surface area (Å²) in [6.45, 7) is 15.8. The second kappa shape index (κ2) is 28.1. The van der Waals surface area contributed by atoms with E-state index in [0.29, 0.717) is 39.6 Å². The zero-order valence-corrected chi connectivity index (χ0v) is 31.6. The van der Waals surface area contributed by atoms with Crippen LogP contribution in [-0.2, 0) is 39.8 Å². The second-order valence-corrected chi connectivity index (χ2v) is 19.6. The van der Waals surface area contributed by atoms with Gasteiger partial charge in [0.15, 0.2) is 0 Å². The van der Waals surface area contributed by atoms with Crippen LogP contribution in [0.3, 0.4) is 0 Å². The molecule has 0 heterocycles. The van der Waals surface area contributed by atoms with E-state index in [1.54, 1.807) is 21.3 Å². The first-order chi connectivity index (χ1) is 18.8. The molecule has 15 heteroatoms. The highest BCUT2D eigenvalue weighted by Crippen LogP contribution is 2.28. The molecule has 0 N–H and O–H groups in total. The number of rotatable bonds is 27. The summed E-state index contributed by atoms with van der Waals surface area (Å²) in [6.07, 6.45) is 3.05. The molecule has 0 unspecified atom stereocenters. The van der Waals surface area contributed by atoms with Gasteiger partial charge in [-0.2, -0.15) is 12.6 Å². The maximum Gasteiger partial charge on any atom is 0.500 e. The normalized spacial score (nSPS) is 12.5. The van der Waals surface area contributed by atoms with Gasteiger partial charge < -0.3 is 39.8 Å². The van der Waals surface area contributed by atoms with Crippen molar-refractivity contribution in [2.45, 2.75) is 78.9 Å². The fourth-order valence-electron chi connectivity index (χ4n) is 3.67. The Kier molecular flexibility index (Phi) is 30.6. The lowest BCUT2D eigenvalue weighted by Crippen LogP contribution is -2.46. The molecule has 0 saturated heterocycles. The maximum absolute atomic E-state index is 5.90. The molecule has 0 aliphatic rings. The molecule has 0 saturated carbocycles. The van der Waals surface area contributed by atoms with Crippen LogP contribution in [0.2, 0.25) is 18.1 Å². The highest BCUT2D eigenvalue weighted by atomic mass is 33.1. The van der Waals surface area contributed by atoms with E-state index < -0.39 is 26.4 Å². The zero-order valence-electron chi connectivity index (χ0n) is 26.0. The lowest BCUT2D eigenvalue weighted by atomic mass is 10.6. The molecule has 0 amide bonds. The van der Waals surface area contributed by atoms with Gasteiger partial charge in [-0.1, -0.05) is 21.6 Å². The highest BCUT2D eigenvalue weighted by molar-refractivity contribution is 8.76. The van der Waals surface area contributed by atoms with Gasteiger partial charge in [-0.3, -0.25) is 0 Å². The molecule has 0 radical (unpaired) electrons. The van der Waals surface area contributed by atoms with Gasteiger partial charge in [0, 0.05) is 90.6 Å². The SMILES string of the molecule is CCO[Si](CCCSSCCC[Si](OCC)(OCC)OCC)(OCC)OCC.CO[Si](CCCS)(OC)OC. The Hall–Kier alpha value is 1.34. The lowest BCUT2D eigenvalue weighted by molar-refractivity contribution is 0.0704. The van der Waals surface area contributed by atoms with Crippen molar-refractivity contribution < 1.29 is 39.8 Å². The summed E-state index contributed by atoms with van der Waals surface area (Å²) in [5, 5.41) is 0. The van der Waals surface area contributed by atoms with Crippen molar-refractivity contribution in [3.05, 3.63) is 0 Å². The van der Waals surface area contributed by atoms with E-state index in [2.05, 4.69) is 12.6 Å². The standard InChI is InChI=1S/C18H42O6S2Si2.C6H16O3SSi/c1-7-19-27(20-8-2,21-9-3)17-13-15-25-26-16-14-18-28(22-10-4,23-11-5)24-12-6;1-7-11(8-2,9-3)6-4-5-10/h7-18H2,1-6H3;10H,4-6H2,1-3H3. The first-order valence-corrected chi connectivity index (χ1v) is 23.1. The van der Waals surface area contributed by atoms with Gasteiger partial charge in [0.1, 0.15) is 0 Å². The number of hydrogen-bond donors (Lipinski definition) is 1. The third kappa shape index (κ3) is 20.0. The van der Waals surface area contributed by atoms with Crippen molar-refractivity contribution >= 4 is 60.6 Å². The van der Waals surface area contributed by atoms with Crippen LogP contribution in [-0.4, -0.2) is 105 Å². The van der Waals surface area contributed by atoms with Crippen LogP contribution < -0.4 is 0 Å². The first kappa shape index (κ1) is 42.5. The number of hydrogen-bond acceptors (Lipinski definition) is 12. The van der Waals surface area contributed by atoms with E-state index in [9.17, 15) is 0 Å². The van der Waals surface area contributed by atoms with Crippen molar-refractivity contribution in [1.29, 1.82) is 0 Å². The molecule has 9 nitrogen and oxygen atoms in total. The van der Waals surface area contributed by atoms with Crippen molar-refractivity contribution in [3.8, 4) is 0 Å². The Morgan fingerprint density at radius 2 is 0.744 bits per heavy atom. The molecule has 0 aliphatic heterocycles. The van der Waals surface area contributed by atoms with Gasteiger partial charge in [-0.25, -0.2) is 0 Å². The molecule has 0 fully saturated rings. The van der Waals surface area contributed by atoms with Gasteiger partial charge in [-0.05, 0) is 66.6 Å². The summed E-state index contributed by atoms with van der Waals surface area (Å²) < 4.78 is 51.0. The second-order valence-electron chi connectivity index (χ2n) is 7.94. The quantitative estimate of drug-likeness (QED) is 0.0455. The monoisotopic (exact) mass is 670 g/mol. The van der Waals surface area contributed by atoms with Crippen LogP contribution in [0.15, 0.2) is 0 Å². The molecule has 0 spiro atoms. The van der Waals surface area contributed by atoms with E-state index in [1.807, 2.05) is 63.1 Å². The van der Waals surface area contributed by atoms with Gasteiger partial charge >= 0.3 is 26.4 Å². The minimum atomic E-state index is -2.49. The Balaban J connectivity index is 0. The van der Waals surface area contributed by atoms with Crippen LogP contribution in [0.5, 0.6) is 0 Å². The van der Waals surface area contributed by atoms with Gasteiger partial charge in [0.2, 0.25) is 0 Å². The average Bonchev–Trinajstić information content (AvgIpc) is 2.93. The Morgan fingerprint density at radius 3 is 0.974 bits per heavy atom.